The van der Waals surface area contributed by atoms with Crippen molar-refractivity contribution in [1.29, 1.82) is 0 Å². The Kier molecular flexibility index (Phi) is 9.21. The van der Waals surface area contributed by atoms with Crippen LogP contribution in [0.15, 0.2) is 65.3 Å². The molecule has 0 aliphatic carbocycles. The van der Waals surface area contributed by atoms with Crippen LogP contribution < -0.4 is 25.0 Å². The number of halogens is 1. The van der Waals surface area contributed by atoms with E-state index in [4.69, 9.17) is 13.9 Å². The first-order valence-electron chi connectivity index (χ1n) is 12.5. The van der Waals surface area contributed by atoms with Crippen molar-refractivity contribution in [1.82, 2.24) is 15.5 Å². The number of hydrogen-bond donors (Lipinski definition) is 2. The van der Waals surface area contributed by atoms with E-state index in [0.29, 0.717) is 24.5 Å². The average Bonchev–Trinajstić information content (AvgIpc) is 3.48. The Hall–Kier alpha value is -4.05. The lowest BCUT2D eigenvalue weighted by atomic mass is 10.1. The van der Waals surface area contributed by atoms with Crippen LogP contribution in [-0.2, 0) is 16.0 Å². The van der Waals surface area contributed by atoms with E-state index < -0.39 is 11.8 Å². The molecular formula is C28H33FN4O5. The molecule has 0 bridgehead atoms. The number of furan rings is 1. The second-order valence-electron chi connectivity index (χ2n) is 8.94. The Morgan fingerprint density at radius 2 is 1.66 bits per heavy atom. The van der Waals surface area contributed by atoms with Crippen molar-refractivity contribution in [3.63, 3.8) is 0 Å². The van der Waals surface area contributed by atoms with E-state index in [1.807, 2.05) is 18.2 Å². The standard InChI is InChI=1S/C28H33FN4O5/c1-36-25-10-5-20(18-26(25)37-2)11-12-30-27(34)28(35)31-19-23(24-4-3-17-38-24)33-15-13-32(14-16-33)22-8-6-21(29)7-9-22/h3-10,17-18,23H,11-16,19H2,1-2H3,(H,30,34)(H,31,35). The van der Waals surface area contributed by atoms with Gasteiger partial charge in [0.05, 0.1) is 26.5 Å². The van der Waals surface area contributed by atoms with Gasteiger partial charge in [0.25, 0.3) is 0 Å². The molecule has 1 saturated heterocycles. The molecule has 202 valence electrons. The Labute approximate surface area is 221 Å². The monoisotopic (exact) mass is 524 g/mol. The minimum Gasteiger partial charge on any atom is -0.493 e. The molecule has 1 unspecified atom stereocenters. The van der Waals surface area contributed by atoms with Crippen molar-refractivity contribution in [2.45, 2.75) is 12.5 Å². The third-order valence-corrected chi connectivity index (χ3v) is 6.63. The number of ether oxygens (including phenoxy) is 2. The summed E-state index contributed by atoms with van der Waals surface area (Å²) in [4.78, 5) is 29.4. The molecule has 38 heavy (non-hydrogen) atoms. The highest BCUT2D eigenvalue weighted by atomic mass is 19.1. The maximum Gasteiger partial charge on any atom is 0.309 e. The molecule has 10 heteroatoms. The third-order valence-electron chi connectivity index (χ3n) is 6.63. The highest BCUT2D eigenvalue weighted by molar-refractivity contribution is 6.35. The second kappa shape index (κ2) is 13.0. The van der Waals surface area contributed by atoms with Gasteiger partial charge in [-0.25, -0.2) is 4.39 Å². The molecule has 0 spiro atoms. The number of hydrogen-bond acceptors (Lipinski definition) is 7. The molecule has 1 fully saturated rings. The van der Waals surface area contributed by atoms with Crippen molar-refractivity contribution < 1.29 is 27.9 Å². The quantitative estimate of drug-likeness (QED) is 0.394. The second-order valence-corrected chi connectivity index (χ2v) is 8.94. The summed E-state index contributed by atoms with van der Waals surface area (Å²) in [5, 5.41) is 5.42. The van der Waals surface area contributed by atoms with Crippen LogP contribution in [0.4, 0.5) is 10.1 Å². The molecule has 1 aromatic heterocycles. The minimum atomic E-state index is -0.696. The van der Waals surface area contributed by atoms with Gasteiger partial charge < -0.3 is 29.4 Å². The summed E-state index contributed by atoms with van der Waals surface area (Å²) in [5.41, 5.74) is 1.92. The molecule has 2 N–H and O–H groups in total. The van der Waals surface area contributed by atoms with Crippen LogP contribution in [0.25, 0.3) is 0 Å². The summed E-state index contributed by atoms with van der Waals surface area (Å²) in [7, 11) is 3.13. The lowest BCUT2D eigenvalue weighted by Gasteiger charge is -2.39. The Bertz CT molecular complexity index is 1190. The van der Waals surface area contributed by atoms with Gasteiger partial charge in [-0.3, -0.25) is 14.5 Å². The fraction of sp³-hybridized carbons (Fsp3) is 0.357. The number of carbonyl (C=O) groups excluding carboxylic acids is 2. The molecule has 0 radical (unpaired) electrons. The molecule has 1 aliphatic rings. The Balaban J connectivity index is 1.27. The number of nitrogens with zero attached hydrogens (tertiary/aromatic N) is 2. The summed E-state index contributed by atoms with van der Waals surface area (Å²) >= 11 is 0. The number of anilines is 1. The van der Waals surface area contributed by atoms with Crippen molar-refractivity contribution in [2.75, 3.05) is 58.4 Å². The normalized spacial score (nSPS) is 14.6. The van der Waals surface area contributed by atoms with Gasteiger partial charge >= 0.3 is 11.8 Å². The Morgan fingerprint density at radius 1 is 0.947 bits per heavy atom. The van der Waals surface area contributed by atoms with E-state index in [1.165, 1.54) is 12.1 Å². The van der Waals surface area contributed by atoms with Crippen molar-refractivity contribution in [3.8, 4) is 11.5 Å². The topological polar surface area (TPSA) is 96.3 Å². The molecule has 2 heterocycles. The number of nitrogens with one attached hydrogen (secondary N) is 2. The predicted molar refractivity (Wildman–Crippen MR) is 141 cm³/mol. The molecule has 2 amide bonds. The molecule has 2 aromatic carbocycles. The zero-order valence-electron chi connectivity index (χ0n) is 21.6. The Morgan fingerprint density at radius 3 is 2.32 bits per heavy atom. The number of amides is 2. The molecule has 9 nitrogen and oxygen atoms in total. The molecule has 1 aliphatic heterocycles. The number of benzene rings is 2. The van der Waals surface area contributed by atoms with Gasteiger partial charge in [0.2, 0.25) is 0 Å². The summed E-state index contributed by atoms with van der Waals surface area (Å²) in [5.74, 6) is 0.309. The molecular weight excluding hydrogens is 491 g/mol. The SMILES string of the molecule is COc1ccc(CCNC(=O)C(=O)NCC(c2ccco2)N2CCN(c3ccc(F)cc3)CC2)cc1OC. The summed E-state index contributed by atoms with van der Waals surface area (Å²) in [6.45, 7) is 3.45. The third kappa shape index (κ3) is 6.83. The van der Waals surface area contributed by atoms with Crippen LogP contribution in [0.1, 0.15) is 17.4 Å². The first-order valence-corrected chi connectivity index (χ1v) is 12.5. The van der Waals surface area contributed by atoms with Gasteiger partial charge in [0.15, 0.2) is 11.5 Å². The predicted octanol–water partition coefficient (Wildman–Crippen LogP) is 2.77. The minimum absolute atomic E-state index is 0.219. The fourth-order valence-corrected chi connectivity index (χ4v) is 4.54. The van der Waals surface area contributed by atoms with Crippen LogP contribution in [0, 0.1) is 5.82 Å². The van der Waals surface area contributed by atoms with Crippen LogP contribution in [-0.4, -0.2) is 70.2 Å². The van der Waals surface area contributed by atoms with Gasteiger partial charge in [-0.05, 0) is 60.5 Å². The lowest BCUT2D eigenvalue weighted by molar-refractivity contribution is -0.139. The molecule has 0 saturated carbocycles. The van der Waals surface area contributed by atoms with Gasteiger partial charge in [-0.1, -0.05) is 6.07 Å². The van der Waals surface area contributed by atoms with Gasteiger partial charge in [-0.2, -0.15) is 0 Å². The molecule has 3 aromatic rings. The van der Waals surface area contributed by atoms with Crippen molar-refractivity contribution in [2.24, 2.45) is 0 Å². The number of methoxy groups -OCH3 is 2. The van der Waals surface area contributed by atoms with E-state index in [2.05, 4.69) is 20.4 Å². The smallest absolute Gasteiger partial charge is 0.309 e. The van der Waals surface area contributed by atoms with E-state index in [-0.39, 0.29) is 18.4 Å². The van der Waals surface area contributed by atoms with Crippen LogP contribution >= 0.6 is 0 Å². The van der Waals surface area contributed by atoms with E-state index in [1.54, 1.807) is 44.7 Å². The maximum atomic E-state index is 13.3. The van der Waals surface area contributed by atoms with Crippen molar-refractivity contribution >= 4 is 17.5 Å². The van der Waals surface area contributed by atoms with E-state index in [0.717, 1.165) is 43.2 Å². The summed E-state index contributed by atoms with van der Waals surface area (Å²) in [6, 6.07) is 15.5. The highest BCUT2D eigenvalue weighted by Gasteiger charge is 2.28. The first-order chi connectivity index (χ1) is 18.5. The first kappa shape index (κ1) is 27.0. The van der Waals surface area contributed by atoms with E-state index in [9.17, 15) is 14.0 Å². The fourth-order valence-electron chi connectivity index (χ4n) is 4.54. The number of carbonyl (C=O) groups is 2. The number of piperazine rings is 1. The maximum absolute atomic E-state index is 13.3. The highest BCUT2D eigenvalue weighted by Crippen LogP contribution is 2.28. The van der Waals surface area contributed by atoms with Gasteiger partial charge in [0.1, 0.15) is 11.6 Å². The molecule has 4 rings (SSSR count). The number of rotatable bonds is 10. The summed E-state index contributed by atoms with van der Waals surface area (Å²) in [6.07, 6.45) is 2.13. The van der Waals surface area contributed by atoms with Gasteiger partial charge in [-0.15, -0.1) is 0 Å². The zero-order chi connectivity index (χ0) is 26.9. The summed E-state index contributed by atoms with van der Waals surface area (Å²) < 4.78 is 29.5. The van der Waals surface area contributed by atoms with Crippen molar-refractivity contribution in [3.05, 3.63) is 78.0 Å². The van der Waals surface area contributed by atoms with Crippen LogP contribution in [0.5, 0.6) is 11.5 Å². The van der Waals surface area contributed by atoms with E-state index >= 15 is 0 Å². The largest absolute Gasteiger partial charge is 0.493 e. The lowest BCUT2D eigenvalue weighted by Crippen LogP contribution is -2.50. The molecule has 1 atom stereocenters. The van der Waals surface area contributed by atoms with Crippen LogP contribution in [0.3, 0.4) is 0 Å². The zero-order valence-corrected chi connectivity index (χ0v) is 21.6. The van der Waals surface area contributed by atoms with Gasteiger partial charge in [0, 0.05) is 45.0 Å². The average molecular weight is 525 g/mol. The van der Waals surface area contributed by atoms with Crippen LogP contribution in [0.2, 0.25) is 0 Å².